The van der Waals surface area contributed by atoms with Crippen LogP contribution in [-0.4, -0.2) is 37.8 Å². The summed E-state index contributed by atoms with van der Waals surface area (Å²) < 4.78 is 15.7. The van der Waals surface area contributed by atoms with Crippen LogP contribution >= 0.6 is 12.2 Å². The van der Waals surface area contributed by atoms with Gasteiger partial charge in [0, 0.05) is 30.3 Å². The minimum atomic E-state index is -0.291. The van der Waals surface area contributed by atoms with E-state index in [-0.39, 0.29) is 24.5 Å². The highest BCUT2D eigenvalue weighted by atomic mass is 32.1. The molecule has 7 heteroatoms. The van der Waals surface area contributed by atoms with Crippen molar-refractivity contribution in [1.82, 2.24) is 19.8 Å². The van der Waals surface area contributed by atoms with Crippen LogP contribution in [0.2, 0.25) is 0 Å². The summed E-state index contributed by atoms with van der Waals surface area (Å²) in [4.78, 5) is 6.44. The van der Waals surface area contributed by atoms with Gasteiger partial charge in [-0.1, -0.05) is 12.1 Å². The fourth-order valence-corrected chi connectivity index (χ4v) is 3.90. The van der Waals surface area contributed by atoms with Gasteiger partial charge in [-0.25, -0.2) is 4.39 Å². The van der Waals surface area contributed by atoms with Gasteiger partial charge in [0.05, 0.1) is 24.4 Å². The minimum absolute atomic E-state index is 0.0199. The average Bonchev–Trinajstić information content (AvgIpc) is 3.28. The Bertz CT molecular complexity index is 946. The lowest BCUT2D eigenvalue weighted by Crippen LogP contribution is -2.32. The number of pyridine rings is 1. The zero-order valence-corrected chi connectivity index (χ0v) is 15.3. The summed E-state index contributed by atoms with van der Waals surface area (Å²) in [7, 11) is 0. The first kappa shape index (κ1) is 17.6. The quantitative estimate of drug-likeness (QED) is 0.665. The largest absolute Gasteiger partial charge is 0.395 e. The van der Waals surface area contributed by atoms with Gasteiger partial charge < -0.3 is 19.9 Å². The average molecular weight is 382 g/mol. The van der Waals surface area contributed by atoms with E-state index in [1.807, 2.05) is 52.1 Å². The van der Waals surface area contributed by atoms with Crippen molar-refractivity contribution in [1.29, 1.82) is 0 Å². The number of nitrogens with zero attached hydrogens (tertiary/aromatic N) is 3. The number of rotatable bonds is 5. The van der Waals surface area contributed by atoms with E-state index in [9.17, 15) is 9.50 Å². The van der Waals surface area contributed by atoms with Crippen molar-refractivity contribution in [3.8, 4) is 5.69 Å². The maximum atomic E-state index is 13.8. The molecule has 0 aliphatic carbocycles. The Morgan fingerprint density at radius 3 is 2.78 bits per heavy atom. The van der Waals surface area contributed by atoms with Crippen LogP contribution in [0.3, 0.4) is 0 Å². The summed E-state index contributed by atoms with van der Waals surface area (Å²) in [5.41, 5.74) is 2.53. The van der Waals surface area contributed by atoms with Gasteiger partial charge in [-0.3, -0.25) is 4.98 Å². The summed E-state index contributed by atoms with van der Waals surface area (Å²) in [5, 5.41) is 13.4. The van der Waals surface area contributed by atoms with Gasteiger partial charge in [-0.15, -0.1) is 0 Å². The van der Waals surface area contributed by atoms with E-state index >= 15 is 0 Å². The second-order valence-corrected chi connectivity index (χ2v) is 6.71. The summed E-state index contributed by atoms with van der Waals surface area (Å²) in [6.07, 6.45) is 3.65. The summed E-state index contributed by atoms with van der Waals surface area (Å²) in [6, 6.07) is 15.8. The van der Waals surface area contributed by atoms with Crippen LogP contribution in [-0.2, 0) is 0 Å². The Hall–Kier alpha value is -2.77. The van der Waals surface area contributed by atoms with Crippen molar-refractivity contribution in [3.63, 3.8) is 0 Å². The smallest absolute Gasteiger partial charge is 0.170 e. The number of hydrogen-bond acceptors (Lipinski definition) is 3. The molecule has 138 valence electrons. The standard InChI is InChI=1S/C20H19FN4OS/c21-14-5-3-6-15(13-14)24-10-4-8-17(24)19-18(16-7-1-2-9-22-16)23-20(27)25(19)11-12-26/h1-10,13,18-19,26H,11-12H2,(H,23,27)/t18-,19-/m1/s1. The molecule has 2 N–H and O–H groups in total. The Kier molecular flexibility index (Phi) is 4.87. The molecule has 3 heterocycles. The van der Waals surface area contributed by atoms with Crippen LogP contribution in [0.1, 0.15) is 23.5 Å². The SMILES string of the molecule is OCCN1C(=S)N[C@H](c2ccccn2)[C@H]1c1cccn1-c1cccc(F)c1. The minimum Gasteiger partial charge on any atom is -0.395 e. The normalized spacial score (nSPS) is 19.3. The predicted octanol–water partition coefficient (Wildman–Crippen LogP) is 2.98. The molecular weight excluding hydrogens is 363 g/mol. The molecule has 1 aliphatic rings. The Morgan fingerprint density at radius 1 is 1.15 bits per heavy atom. The first-order valence-corrected chi connectivity index (χ1v) is 9.12. The fraction of sp³-hybridized carbons (Fsp3) is 0.200. The molecule has 0 unspecified atom stereocenters. The first-order valence-electron chi connectivity index (χ1n) is 8.71. The zero-order valence-electron chi connectivity index (χ0n) is 14.5. The van der Waals surface area contributed by atoms with E-state index < -0.39 is 0 Å². The monoisotopic (exact) mass is 382 g/mol. The lowest BCUT2D eigenvalue weighted by Gasteiger charge is -2.28. The van der Waals surface area contributed by atoms with Crippen molar-refractivity contribution < 1.29 is 9.50 Å². The topological polar surface area (TPSA) is 53.3 Å². The number of thiocarbonyl (C=S) groups is 1. The lowest BCUT2D eigenvalue weighted by molar-refractivity contribution is 0.220. The number of benzene rings is 1. The lowest BCUT2D eigenvalue weighted by atomic mass is 10.0. The van der Waals surface area contributed by atoms with E-state index in [2.05, 4.69) is 10.3 Å². The molecule has 5 nitrogen and oxygen atoms in total. The zero-order chi connectivity index (χ0) is 18.8. The number of nitrogens with one attached hydrogen (secondary N) is 1. The molecule has 2 aromatic heterocycles. The molecule has 1 saturated heterocycles. The molecule has 4 rings (SSSR count). The molecular formula is C20H19FN4OS. The second kappa shape index (κ2) is 7.46. The Balaban J connectivity index is 1.81. The third-order valence-electron chi connectivity index (χ3n) is 4.71. The van der Waals surface area contributed by atoms with E-state index in [1.165, 1.54) is 12.1 Å². The fourth-order valence-electron chi connectivity index (χ4n) is 3.57. The van der Waals surface area contributed by atoms with E-state index in [0.717, 1.165) is 17.1 Å². The van der Waals surface area contributed by atoms with Crippen LogP contribution in [0, 0.1) is 5.82 Å². The van der Waals surface area contributed by atoms with Crippen LogP contribution in [0.4, 0.5) is 4.39 Å². The van der Waals surface area contributed by atoms with Crippen molar-refractivity contribution in [3.05, 3.63) is 84.2 Å². The van der Waals surface area contributed by atoms with E-state index in [1.54, 1.807) is 12.3 Å². The molecule has 0 saturated carbocycles. The van der Waals surface area contributed by atoms with Crippen LogP contribution in [0.5, 0.6) is 0 Å². The van der Waals surface area contributed by atoms with Gasteiger partial charge in [0.2, 0.25) is 0 Å². The molecule has 0 bridgehead atoms. The Labute approximate surface area is 162 Å². The van der Waals surface area contributed by atoms with Crippen molar-refractivity contribution in [2.75, 3.05) is 13.2 Å². The first-order chi connectivity index (χ1) is 13.2. The third-order valence-corrected chi connectivity index (χ3v) is 5.06. The Morgan fingerprint density at radius 2 is 2.04 bits per heavy atom. The highest BCUT2D eigenvalue weighted by Gasteiger charge is 2.40. The second-order valence-electron chi connectivity index (χ2n) is 6.33. The molecule has 2 atom stereocenters. The number of hydrogen-bond donors (Lipinski definition) is 2. The van der Waals surface area contributed by atoms with Gasteiger partial charge in [-0.05, 0) is 54.7 Å². The third kappa shape index (κ3) is 3.31. The molecule has 27 heavy (non-hydrogen) atoms. The van der Waals surface area contributed by atoms with Crippen LogP contribution in [0.15, 0.2) is 67.0 Å². The number of halogens is 1. The summed E-state index contributed by atoms with van der Waals surface area (Å²) >= 11 is 5.52. The molecule has 1 aliphatic heterocycles. The highest BCUT2D eigenvalue weighted by molar-refractivity contribution is 7.80. The highest BCUT2D eigenvalue weighted by Crippen LogP contribution is 2.39. The number of aromatic nitrogens is 2. The van der Waals surface area contributed by atoms with Gasteiger partial charge in [-0.2, -0.15) is 0 Å². The molecule has 1 fully saturated rings. The van der Waals surface area contributed by atoms with Gasteiger partial charge in [0.15, 0.2) is 5.11 Å². The number of aliphatic hydroxyl groups is 1. The van der Waals surface area contributed by atoms with Crippen molar-refractivity contribution in [2.45, 2.75) is 12.1 Å². The van der Waals surface area contributed by atoms with Gasteiger partial charge in [0.25, 0.3) is 0 Å². The van der Waals surface area contributed by atoms with Crippen LogP contribution in [0.25, 0.3) is 5.69 Å². The van der Waals surface area contributed by atoms with Crippen molar-refractivity contribution >= 4 is 17.3 Å². The summed E-state index contributed by atoms with van der Waals surface area (Å²) in [6.45, 7) is 0.377. The number of aliphatic hydroxyl groups excluding tert-OH is 1. The predicted molar refractivity (Wildman–Crippen MR) is 105 cm³/mol. The maximum absolute atomic E-state index is 13.8. The molecule has 0 spiro atoms. The maximum Gasteiger partial charge on any atom is 0.170 e. The molecule has 0 radical (unpaired) electrons. The number of β-amino-alcohol motifs (C(OH)–C–C–N with tert-alkyl or cyclic N) is 1. The van der Waals surface area contributed by atoms with Crippen LogP contribution < -0.4 is 5.32 Å². The summed E-state index contributed by atoms with van der Waals surface area (Å²) in [5.74, 6) is -0.291. The molecule has 0 amide bonds. The van der Waals surface area contributed by atoms with Gasteiger partial charge >= 0.3 is 0 Å². The molecule has 1 aromatic carbocycles. The van der Waals surface area contributed by atoms with E-state index in [0.29, 0.717) is 11.7 Å². The van der Waals surface area contributed by atoms with Gasteiger partial charge in [0.1, 0.15) is 5.82 Å². The van der Waals surface area contributed by atoms with E-state index in [4.69, 9.17) is 12.2 Å². The van der Waals surface area contributed by atoms with Crippen molar-refractivity contribution in [2.24, 2.45) is 0 Å². The molecule has 3 aromatic rings.